The third-order valence-corrected chi connectivity index (χ3v) is 4.55. The third-order valence-electron chi connectivity index (χ3n) is 4.30. The Morgan fingerprint density at radius 3 is 2.44 bits per heavy atom. The lowest BCUT2D eigenvalue weighted by Gasteiger charge is -2.12. The van der Waals surface area contributed by atoms with Crippen LogP contribution in [0.4, 0.5) is 0 Å². The van der Waals surface area contributed by atoms with Crippen LogP contribution in [0.15, 0.2) is 64.4 Å². The number of benzene rings is 2. The molecule has 2 aromatic carbocycles. The smallest absolute Gasteiger partial charge is 0.337 e. The second-order valence-electron chi connectivity index (χ2n) is 5.93. The molecule has 0 aliphatic rings. The molecule has 27 heavy (non-hydrogen) atoms. The van der Waals surface area contributed by atoms with Gasteiger partial charge in [-0.1, -0.05) is 23.7 Å². The van der Waals surface area contributed by atoms with Crippen LogP contribution in [0.2, 0.25) is 5.02 Å². The van der Waals surface area contributed by atoms with Gasteiger partial charge in [0.1, 0.15) is 11.3 Å². The molecule has 0 atom stereocenters. The quantitative estimate of drug-likeness (QED) is 0.588. The number of nitrogens with zero attached hydrogens (tertiary/aromatic N) is 3. The van der Waals surface area contributed by atoms with E-state index in [-0.39, 0.29) is 17.7 Å². The summed E-state index contributed by atoms with van der Waals surface area (Å²) in [6, 6.07) is 14.0. The lowest BCUT2D eigenvalue weighted by molar-refractivity contribution is 0.414. The van der Waals surface area contributed by atoms with Crippen LogP contribution in [0.3, 0.4) is 0 Å². The minimum Gasteiger partial charge on any atom is -0.497 e. The number of nitrogens with one attached hydrogen (secondary N) is 1. The van der Waals surface area contributed by atoms with Gasteiger partial charge in [-0.25, -0.2) is 14.3 Å². The lowest BCUT2D eigenvalue weighted by Crippen LogP contribution is -2.39. The molecule has 7 nitrogen and oxygen atoms in total. The molecule has 0 unspecified atom stereocenters. The largest absolute Gasteiger partial charge is 0.497 e. The van der Waals surface area contributed by atoms with E-state index in [1.54, 1.807) is 43.5 Å². The molecule has 0 aliphatic carbocycles. The van der Waals surface area contributed by atoms with Crippen molar-refractivity contribution in [3.63, 3.8) is 0 Å². The Bertz CT molecular complexity index is 1220. The van der Waals surface area contributed by atoms with Crippen molar-refractivity contribution in [2.24, 2.45) is 0 Å². The highest BCUT2D eigenvalue weighted by Gasteiger charge is 2.16. The van der Waals surface area contributed by atoms with Gasteiger partial charge in [-0.3, -0.25) is 9.36 Å². The molecular formula is C19H15ClN4O3. The first-order valence-electron chi connectivity index (χ1n) is 8.16. The van der Waals surface area contributed by atoms with Crippen LogP contribution in [0.1, 0.15) is 5.56 Å². The van der Waals surface area contributed by atoms with Crippen molar-refractivity contribution in [1.29, 1.82) is 0 Å². The van der Waals surface area contributed by atoms with Crippen molar-refractivity contribution < 1.29 is 4.74 Å². The normalized spacial score (nSPS) is 11.0. The number of halogens is 1. The van der Waals surface area contributed by atoms with Gasteiger partial charge in [0.2, 0.25) is 0 Å². The summed E-state index contributed by atoms with van der Waals surface area (Å²) >= 11 is 5.95. The monoisotopic (exact) mass is 382 g/mol. The number of imidazole rings is 1. The van der Waals surface area contributed by atoms with Crippen LogP contribution in [0.25, 0.3) is 16.9 Å². The van der Waals surface area contributed by atoms with E-state index in [1.807, 2.05) is 12.1 Å². The fraction of sp³-hybridized carbons (Fsp3) is 0.105. The molecule has 0 bridgehead atoms. The van der Waals surface area contributed by atoms with Crippen LogP contribution in [-0.2, 0) is 6.54 Å². The summed E-state index contributed by atoms with van der Waals surface area (Å²) in [5, 5.41) is 0.552. The second-order valence-corrected chi connectivity index (χ2v) is 6.37. The number of aromatic nitrogens is 4. The van der Waals surface area contributed by atoms with Crippen molar-refractivity contribution in [1.82, 2.24) is 19.1 Å². The zero-order chi connectivity index (χ0) is 19.0. The van der Waals surface area contributed by atoms with Gasteiger partial charge >= 0.3 is 5.69 Å². The topological polar surface area (TPSA) is 81.9 Å². The van der Waals surface area contributed by atoms with Gasteiger partial charge < -0.3 is 9.72 Å². The molecule has 0 fully saturated rings. The van der Waals surface area contributed by atoms with Crippen LogP contribution >= 0.6 is 11.6 Å². The van der Waals surface area contributed by atoms with E-state index < -0.39 is 11.2 Å². The standard InChI is InChI=1S/C19H15ClN4O3/c1-27-15-8-2-12(3-9-15)10-23-18(25)16-17(22-11-21-16)24(19(23)26)14-6-4-13(20)5-7-14/h2-9,11H,10H2,1H3,(H,21,22). The Hall–Kier alpha value is -3.32. The van der Waals surface area contributed by atoms with Gasteiger partial charge in [-0.05, 0) is 42.0 Å². The molecule has 1 N–H and O–H groups in total. The van der Waals surface area contributed by atoms with Gasteiger partial charge in [0.25, 0.3) is 5.56 Å². The van der Waals surface area contributed by atoms with Crippen molar-refractivity contribution in [2.75, 3.05) is 7.11 Å². The second kappa shape index (κ2) is 6.77. The van der Waals surface area contributed by atoms with Crippen LogP contribution < -0.4 is 16.0 Å². The average Bonchev–Trinajstić information content (AvgIpc) is 3.17. The van der Waals surface area contributed by atoms with Crippen LogP contribution in [0.5, 0.6) is 5.75 Å². The highest BCUT2D eigenvalue weighted by atomic mass is 35.5. The van der Waals surface area contributed by atoms with Crippen molar-refractivity contribution >= 4 is 22.8 Å². The van der Waals surface area contributed by atoms with Crippen LogP contribution in [0, 0.1) is 0 Å². The number of hydrogen-bond acceptors (Lipinski definition) is 4. The zero-order valence-electron chi connectivity index (χ0n) is 14.3. The Labute approximate surface area is 158 Å². The van der Waals surface area contributed by atoms with Gasteiger partial charge in [0.05, 0.1) is 25.7 Å². The molecule has 0 spiro atoms. The minimum atomic E-state index is -0.474. The number of hydrogen-bond donors (Lipinski definition) is 1. The maximum Gasteiger partial charge on any atom is 0.337 e. The Balaban J connectivity index is 1.91. The van der Waals surface area contributed by atoms with E-state index in [4.69, 9.17) is 16.3 Å². The highest BCUT2D eigenvalue weighted by molar-refractivity contribution is 6.30. The summed E-state index contributed by atoms with van der Waals surface area (Å²) < 4.78 is 7.72. The molecule has 0 radical (unpaired) electrons. The van der Waals surface area contributed by atoms with E-state index in [0.717, 1.165) is 5.56 Å². The van der Waals surface area contributed by atoms with E-state index >= 15 is 0 Å². The number of rotatable bonds is 4. The third kappa shape index (κ3) is 3.02. The molecule has 4 rings (SSSR count). The lowest BCUT2D eigenvalue weighted by atomic mass is 10.2. The molecule has 4 aromatic rings. The summed E-state index contributed by atoms with van der Waals surface area (Å²) in [4.78, 5) is 32.9. The first-order chi connectivity index (χ1) is 13.1. The van der Waals surface area contributed by atoms with E-state index in [0.29, 0.717) is 16.5 Å². The maximum atomic E-state index is 13.1. The molecule has 2 heterocycles. The molecule has 0 saturated heterocycles. The molecule has 2 aromatic heterocycles. The fourth-order valence-corrected chi connectivity index (χ4v) is 3.05. The predicted molar refractivity (Wildman–Crippen MR) is 103 cm³/mol. The predicted octanol–water partition coefficient (Wildman–Crippen LogP) is 2.59. The molecular weight excluding hydrogens is 368 g/mol. The SMILES string of the molecule is COc1ccc(Cn2c(=O)c3[nH]cnc3n(-c3ccc(Cl)cc3)c2=O)cc1. The van der Waals surface area contributed by atoms with Gasteiger partial charge in [-0.2, -0.15) is 0 Å². The average molecular weight is 383 g/mol. The molecule has 0 aliphatic heterocycles. The summed E-state index contributed by atoms with van der Waals surface area (Å²) in [6.07, 6.45) is 1.40. The summed E-state index contributed by atoms with van der Waals surface area (Å²) in [5.74, 6) is 0.702. The number of methoxy groups -OCH3 is 1. The van der Waals surface area contributed by atoms with E-state index in [2.05, 4.69) is 9.97 Å². The number of aromatic amines is 1. The zero-order valence-corrected chi connectivity index (χ0v) is 15.1. The molecule has 136 valence electrons. The van der Waals surface area contributed by atoms with Crippen molar-refractivity contribution in [3.05, 3.63) is 86.3 Å². The number of ether oxygens (including phenoxy) is 1. The van der Waals surface area contributed by atoms with Crippen molar-refractivity contribution in [3.8, 4) is 11.4 Å². The molecule has 0 amide bonds. The van der Waals surface area contributed by atoms with E-state index in [1.165, 1.54) is 15.5 Å². The maximum absolute atomic E-state index is 13.1. The Morgan fingerprint density at radius 1 is 1.07 bits per heavy atom. The number of fused-ring (bicyclic) bond motifs is 1. The summed E-state index contributed by atoms with van der Waals surface area (Å²) in [6.45, 7) is 0.129. The van der Waals surface area contributed by atoms with Gasteiger partial charge in [0, 0.05) is 5.02 Å². The molecule has 0 saturated carbocycles. The first-order valence-corrected chi connectivity index (χ1v) is 8.54. The summed E-state index contributed by atoms with van der Waals surface area (Å²) in [5.41, 5.74) is 1.02. The van der Waals surface area contributed by atoms with E-state index in [9.17, 15) is 9.59 Å². The van der Waals surface area contributed by atoms with Crippen molar-refractivity contribution in [2.45, 2.75) is 6.54 Å². The van der Waals surface area contributed by atoms with Gasteiger partial charge in [0.15, 0.2) is 5.65 Å². The summed E-state index contributed by atoms with van der Waals surface area (Å²) in [7, 11) is 1.58. The minimum absolute atomic E-state index is 0.129. The fourth-order valence-electron chi connectivity index (χ4n) is 2.92. The molecule has 8 heteroatoms. The van der Waals surface area contributed by atoms with Crippen LogP contribution in [-0.4, -0.2) is 26.2 Å². The Morgan fingerprint density at radius 2 is 1.78 bits per heavy atom. The Kier molecular flexibility index (Phi) is 4.29. The highest BCUT2D eigenvalue weighted by Crippen LogP contribution is 2.15. The number of H-pyrrole nitrogens is 1. The first kappa shape index (κ1) is 17.1. The van der Waals surface area contributed by atoms with Gasteiger partial charge in [-0.15, -0.1) is 0 Å².